The summed E-state index contributed by atoms with van der Waals surface area (Å²) >= 11 is 0. The van der Waals surface area contributed by atoms with Crippen LogP contribution in [0.5, 0.6) is 0 Å². The molecule has 1 saturated heterocycles. The molecule has 0 spiro atoms. The van der Waals surface area contributed by atoms with Crippen molar-refractivity contribution in [1.29, 1.82) is 5.26 Å². The Labute approximate surface area is 153 Å². The van der Waals surface area contributed by atoms with E-state index < -0.39 is 32.2 Å². The number of aliphatic hydroxyl groups is 1. The Kier molecular flexibility index (Phi) is 6.71. The predicted octanol–water partition coefficient (Wildman–Crippen LogP) is 3.66. The largest absolute Gasteiger partial charge is 0.444 e. The third kappa shape index (κ3) is 5.98. The quantitative estimate of drug-likeness (QED) is 0.764. The molecule has 1 aliphatic rings. The molecule has 1 amide bonds. The van der Waals surface area contributed by atoms with Crippen molar-refractivity contribution < 1.29 is 19.1 Å². The van der Waals surface area contributed by atoms with Crippen molar-refractivity contribution in [2.24, 2.45) is 0 Å². The molecule has 1 heterocycles. The van der Waals surface area contributed by atoms with Crippen LogP contribution in [0, 0.1) is 11.3 Å². The molecule has 0 saturated carbocycles. The van der Waals surface area contributed by atoms with Crippen LogP contribution in [-0.2, 0) is 9.16 Å². The summed E-state index contributed by atoms with van der Waals surface area (Å²) in [5.41, 5.74) is -0.611. The second kappa shape index (κ2) is 7.64. The number of ether oxygens (including phenoxy) is 1. The van der Waals surface area contributed by atoms with Gasteiger partial charge in [0.2, 0.25) is 0 Å². The molecule has 3 atom stereocenters. The fourth-order valence-electron chi connectivity index (χ4n) is 2.63. The molecule has 0 aliphatic carbocycles. The summed E-state index contributed by atoms with van der Waals surface area (Å²) in [7, 11) is -1.99. The van der Waals surface area contributed by atoms with Crippen molar-refractivity contribution in [3.63, 3.8) is 0 Å². The van der Waals surface area contributed by atoms with Crippen LogP contribution in [0.1, 0.15) is 54.4 Å². The van der Waals surface area contributed by atoms with E-state index in [1.54, 1.807) is 0 Å². The van der Waals surface area contributed by atoms with Gasteiger partial charge in [-0.05, 0) is 45.3 Å². The molecule has 1 aliphatic heterocycles. The first-order valence-electron chi connectivity index (χ1n) is 8.90. The number of aliphatic hydroxyl groups excluding tert-OH is 1. The monoisotopic (exact) mass is 370 g/mol. The maximum atomic E-state index is 12.6. The summed E-state index contributed by atoms with van der Waals surface area (Å²) in [6, 6.07) is 1.52. The minimum absolute atomic E-state index is 0.0171. The van der Waals surface area contributed by atoms with Crippen LogP contribution in [-0.4, -0.2) is 54.8 Å². The minimum atomic E-state index is -1.99. The highest BCUT2D eigenvalue weighted by atomic mass is 28.4. The molecule has 1 unspecified atom stereocenters. The minimum Gasteiger partial charge on any atom is -0.444 e. The van der Waals surface area contributed by atoms with Gasteiger partial charge in [0.05, 0.1) is 30.7 Å². The Balaban J connectivity index is 2.94. The van der Waals surface area contributed by atoms with Gasteiger partial charge in [0.15, 0.2) is 8.32 Å². The number of likely N-dealkylation sites (tertiary alicyclic amines) is 1. The highest BCUT2D eigenvalue weighted by molar-refractivity contribution is 6.74. The second-order valence-corrected chi connectivity index (χ2v) is 14.1. The maximum absolute atomic E-state index is 12.6. The predicted molar refractivity (Wildman–Crippen MR) is 99.7 cm³/mol. The van der Waals surface area contributed by atoms with Crippen molar-refractivity contribution in [3.8, 4) is 6.07 Å². The lowest BCUT2D eigenvalue weighted by atomic mass is 10.1. The number of amides is 1. The van der Waals surface area contributed by atoms with Crippen LogP contribution in [0.25, 0.3) is 0 Å². The van der Waals surface area contributed by atoms with Gasteiger partial charge in [0.25, 0.3) is 0 Å². The Bertz CT molecular complexity index is 517. The zero-order chi connectivity index (χ0) is 19.6. The van der Waals surface area contributed by atoms with E-state index in [9.17, 15) is 9.90 Å². The second-order valence-electron chi connectivity index (χ2n) is 9.37. The van der Waals surface area contributed by atoms with Gasteiger partial charge in [-0.1, -0.05) is 20.8 Å². The Morgan fingerprint density at radius 1 is 1.32 bits per heavy atom. The van der Waals surface area contributed by atoms with E-state index in [1.807, 2.05) is 26.8 Å². The lowest BCUT2D eigenvalue weighted by Crippen LogP contribution is -2.46. The summed E-state index contributed by atoms with van der Waals surface area (Å²) in [5.74, 6) is 0. The first-order valence-corrected chi connectivity index (χ1v) is 11.8. The molecule has 0 aromatic rings. The van der Waals surface area contributed by atoms with Crippen LogP contribution in [0.3, 0.4) is 0 Å². The lowest BCUT2D eigenvalue weighted by molar-refractivity contribution is 0.00551. The highest BCUT2D eigenvalue weighted by Gasteiger charge is 2.46. The molecule has 1 rings (SSSR count). The molecule has 0 aromatic carbocycles. The summed E-state index contributed by atoms with van der Waals surface area (Å²) in [5, 5.41) is 19.3. The number of nitrogens with zero attached hydrogens (tertiary/aromatic N) is 2. The zero-order valence-electron chi connectivity index (χ0n) is 16.9. The van der Waals surface area contributed by atoms with Gasteiger partial charge in [-0.25, -0.2) is 4.79 Å². The number of carbonyl (C=O) groups is 1. The molecule has 6 nitrogen and oxygen atoms in total. The number of carbonyl (C=O) groups excluding carboxylic acids is 1. The van der Waals surface area contributed by atoms with Crippen molar-refractivity contribution in [3.05, 3.63) is 0 Å². The smallest absolute Gasteiger partial charge is 0.410 e. The number of hydrogen-bond acceptors (Lipinski definition) is 5. The molecule has 1 N–H and O–H groups in total. The van der Waals surface area contributed by atoms with Gasteiger partial charge in [0, 0.05) is 6.54 Å². The molecule has 0 radical (unpaired) electrons. The fraction of sp³-hybridized carbons (Fsp3) is 0.889. The molecule has 144 valence electrons. The molecule has 7 heteroatoms. The van der Waals surface area contributed by atoms with Crippen LogP contribution in [0.15, 0.2) is 0 Å². The zero-order valence-corrected chi connectivity index (χ0v) is 17.9. The van der Waals surface area contributed by atoms with Crippen LogP contribution in [0.4, 0.5) is 4.79 Å². The van der Waals surface area contributed by atoms with Crippen molar-refractivity contribution in [1.82, 2.24) is 4.90 Å². The van der Waals surface area contributed by atoms with E-state index in [0.717, 1.165) is 0 Å². The summed E-state index contributed by atoms with van der Waals surface area (Å²) in [4.78, 5) is 14.1. The molecule has 25 heavy (non-hydrogen) atoms. The Hall–Kier alpha value is -1.10. The third-order valence-electron chi connectivity index (χ3n) is 4.95. The van der Waals surface area contributed by atoms with Gasteiger partial charge in [-0.3, -0.25) is 4.90 Å². The van der Waals surface area contributed by atoms with Gasteiger partial charge in [-0.2, -0.15) is 5.26 Å². The van der Waals surface area contributed by atoms with E-state index >= 15 is 0 Å². The summed E-state index contributed by atoms with van der Waals surface area (Å²) in [6.07, 6.45) is -1.00. The number of nitriles is 1. The average Bonchev–Trinajstić information content (AvgIpc) is 2.79. The molecule has 0 aromatic heterocycles. The van der Waals surface area contributed by atoms with Gasteiger partial charge in [-0.15, -0.1) is 0 Å². The summed E-state index contributed by atoms with van der Waals surface area (Å²) < 4.78 is 11.9. The first-order chi connectivity index (χ1) is 11.2. The number of rotatable bonds is 4. The molecule has 1 fully saturated rings. The van der Waals surface area contributed by atoms with Crippen molar-refractivity contribution in [2.45, 2.75) is 96.4 Å². The average molecular weight is 371 g/mol. The standard InChI is InChI=1S/C18H34N2O4Si/c1-17(2,3)23-16(22)20-12-13(11-14(20)15(21)9-10-19)24-25(7,8)18(4,5)6/h13-15,21H,9,11-12H2,1-8H3/t13-,14+,15?/m1/s1. The van der Waals surface area contributed by atoms with Gasteiger partial charge >= 0.3 is 6.09 Å². The van der Waals surface area contributed by atoms with Gasteiger partial charge < -0.3 is 14.3 Å². The van der Waals surface area contributed by atoms with Crippen molar-refractivity contribution in [2.75, 3.05) is 6.54 Å². The van der Waals surface area contributed by atoms with Crippen molar-refractivity contribution >= 4 is 14.4 Å². The van der Waals surface area contributed by atoms with E-state index in [1.165, 1.54) is 4.90 Å². The summed E-state index contributed by atoms with van der Waals surface area (Å²) in [6.45, 7) is 16.7. The normalized spacial score (nSPS) is 23.3. The number of hydrogen-bond donors (Lipinski definition) is 1. The van der Waals surface area contributed by atoms with E-state index in [4.69, 9.17) is 14.4 Å². The Morgan fingerprint density at radius 2 is 1.88 bits per heavy atom. The fourth-order valence-corrected chi connectivity index (χ4v) is 3.99. The van der Waals surface area contributed by atoms with Gasteiger partial charge in [0.1, 0.15) is 5.60 Å². The lowest BCUT2D eigenvalue weighted by Gasteiger charge is -2.38. The SMILES string of the molecule is CC(C)(C)OC(=O)N1C[C@H](O[Si](C)(C)C(C)(C)C)C[C@H]1C(O)CC#N. The molecule has 0 bridgehead atoms. The molecular formula is C18H34N2O4Si. The molecular weight excluding hydrogens is 336 g/mol. The van der Waals surface area contributed by atoms with E-state index in [-0.39, 0.29) is 17.6 Å². The van der Waals surface area contributed by atoms with Crippen LogP contribution < -0.4 is 0 Å². The van der Waals surface area contributed by atoms with E-state index in [2.05, 4.69) is 33.9 Å². The first kappa shape index (κ1) is 21.9. The third-order valence-corrected chi connectivity index (χ3v) is 9.48. The Morgan fingerprint density at radius 3 is 2.32 bits per heavy atom. The highest BCUT2D eigenvalue weighted by Crippen LogP contribution is 2.39. The van der Waals surface area contributed by atoms with Crippen LogP contribution >= 0.6 is 0 Å². The van der Waals surface area contributed by atoms with E-state index in [0.29, 0.717) is 13.0 Å². The maximum Gasteiger partial charge on any atom is 0.410 e. The topological polar surface area (TPSA) is 82.8 Å². The van der Waals surface area contributed by atoms with Crippen LogP contribution in [0.2, 0.25) is 18.1 Å².